The highest BCUT2D eigenvalue weighted by Gasteiger charge is 2.30. The third-order valence-electron chi connectivity index (χ3n) is 6.10. The van der Waals surface area contributed by atoms with Gasteiger partial charge in [0, 0.05) is 24.8 Å². The van der Waals surface area contributed by atoms with Crippen LogP contribution in [0, 0.1) is 5.82 Å². The van der Waals surface area contributed by atoms with Crippen molar-refractivity contribution in [3.63, 3.8) is 0 Å². The predicted molar refractivity (Wildman–Crippen MR) is 111 cm³/mol. The molecule has 2 aliphatic rings. The molecule has 0 amide bonds. The number of pyridine rings is 1. The number of hydrogen-bond acceptors (Lipinski definition) is 4. The lowest BCUT2D eigenvalue weighted by Crippen LogP contribution is -2.19. The summed E-state index contributed by atoms with van der Waals surface area (Å²) in [5, 5.41) is 12.8. The number of hydrogen-bond donors (Lipinski definition) is 2. The molecule has 0 bridgehead atoms. The van der Waals surface area contributed by atoms with E-state index in [0.717, 1.165) is 31.0 Å². The molecule has 1 atom stereocenters. The number of nitrogens with one attached hydrogen (secondary N) is 1. The Bertz CT molecular complexity index is 1280. The fourth-order valence-electron chi connectivity index (χ4n) is 4.40. The lowest BCUT2D eigenvalue weighted by Gasteiger charge is -2.19. The molecule has 0 spiro atoms. The number of aromatic nitrogens is 1. The molecule has 6 nitrogen and oxygen atoms in total. The molecule has 1 saturated carbocycles. The van der Waals surface area contributed by atoms with E-state index >= 15 is 4.39 Å². The number of fused-ring (bicyclic) bond motifs is 2. The summed E-state index contributed by atoms with van der Waals surface area (Å²) in [6.07, 6.45) is 3.10. The molecule has 0 saturated heterocycles. The van der Waals surface area contributed by atoms with E-state index in [2.05, 4.69) is 12.2 Å². The number of carboxylic acid groups (broad SMARTS) is 1. The molecule has 7 heteroatoms. The first kappa shape index (κ1) is 18.8. The summed E-state index contributed by atoms with van der Waals surface area (Å²) in [6.45, 7) is 2.83. The summed E-state index contributed by atoms with van der Waals surface area (Å²) < 4.78 is 22.8. The molecular weight excluding hydrogens is 387 g/mol. The van der Waals surface area contributed by atoms with Crippen LogP contribution in [0.3, 0.4) is 0 Å². The molecule has 1 aliphatic heterocycles. The maximum absolute atomic E-state index is 15.4. The second-order valence-corrected chi connectivity index (χ2v) is 7.99. The second kappa shape index (κ2) is 6.67. The lowest BCUT2D eigenvalue weighted by atomic mass is 9.95. The van der Waals surface area contributed by atoms with Crippen LogP contribution in [0.25, 0.3) is 22.0 Å². The molecule has 0 radical (unpaired) electrons. The molecule has 3 aromatic rings. The maximum Gasteiger partial charge on any atom is 0.341 e. The number of halogens is 1. The van der Waals surface area contributed by atoms with Gasteiger partial charge in [0.25, 0.3) is 0 Å². The van der Waals surface area contributed by atoms with Crippen LogP contribution in [0.5, 0.6) is 5.75 Å². The van der Waals surface area contributed by atoms with Crippen molar-refractivity contribution < 1.29 is 19.0 Å². The molecule has 1 unspecified atom stereocenters. The van der Waals surface area contributed by atoms with Crippen LogP contribution < -0.4 is 15.5 Å². The van der Waals surface area contributed by atoms with E-state index in [1.165, 1.54) is 18.9 Å². The topological polar surface area (TPSA) is 80.6 Å². The number of carbonyl (C=O) groups is 1. The van der Waals surface area contributed by atoms with E-state index in [0.29, 0.717) is 11.1 Å². The van der Waals surface area contributed by atoms with Gasteiger partial charge in [0.1, 0.15) is 11.4 Å². The minimum absolute atomic E-state index is 0.0242. The number of methoxy groups -OCH3 is 1. The van der Waals surface area contributed by atoms with Gasteiger partial charge in [-0.05, 0) is 48.6 Å². The van der Waals surface area contributed by atoms with Crippen molar-refractivity contribution in [1.82, 2.24) is 9.88 Å². The van der Waals surface area contributed by atoms with Crippen LogP contribution in [0.2, 0.25) is 0 Å². The van der Waals surface area contributed by atoms with E-state index < -0.39 is 17.2 Å². The van der Waals surface area contributed by atoms with Crippen LogP contribution in [0.15, 0.2) is 35.3 Å². The number of nitrogens with zero attached hydrogens (tertiary/aromatic N) is 1. The van der Waals surface area contributed by atoms with Crippen LogP contribution in [0.1, 0.15) is 53.3 Å². The van der Waals surface area contributed by atoms with Gasteiger partial charge in [-0.1, -0.05) is 12.1 Å². The Morgan fingerprint density at radius 1 is 1.30 bits per heavy atom. The van der Waals surface area contributed by atoms with Gasteiger partial charge in [0.2, 0.25) is 5.43 Å². The lowest BCUT2D eigenvalue weighted by molar-refractivity contribution is 0.0695. The van der Waals surface area contributed by atoms with Crippen molar-refractivity contribution in [2.45, 2.75) is 38.4 Å². The number of carboxylic acids is 1. The van der Waals surface area contributed by atoms with E-state index in [1.54, 1.807) is 4.57 Å². The second-order valence-electron chi connectivity index (χ2n) is 7.99. The third kappa shape index (κ3) is 2.73. The molecular formula is C23H21FN2O4. The summed E-state index contributed by atoms with van der Waals surface area (Å²) in [6, 6.07) is 7.18. The Hall–Kier alpha value is -3.19. The Morgan fingerprint density at radius 3 is 2.73 bits per heavy atom. The highest BCUT2D eigenvalue weighted by molar-refractivity contribution is 5.98. The van der Waals surface area contributed by atoms with E-state index in [9.17, 15) is 14.7 Å². The minimum Gasteiger partial charge on any atom is -0.494 e. The van der Waals surface area contributed by atoms with Gasteiger partial charge in [-0.15, -0.1) is 0 Å². The van der Waals surface area contributed by atoms with Crippen molar-refractivity contribution in [3.05, 3.63) is 63.2 Å². The minimum atomic E-state index is -1.32. The molecule has 1 aliphatic carbocycles. The monoisotopic (exact) mass is 408 g/mol. The standard InChI is InChI=1S/C23H21FN2O4/c1-11-15-7-12(3-4-13(15)9-25-11)19-18(24)8-16-20(22(19)30-2)26(14-5-6-14)10-17(21(16)27)23(28)29/h3-4,7-8,10-11,14,25H,5-6,9H2,1-2H3,(H,28,29). The molecule has 2 heterocycles. The SMILES string of the molecule is COc1c(-c2ccc3c(c2)C(C)NC3)c(F)cc2c(=O)c(C(=O)O)cn(C3CC3)c12. The molecule has 2 N–H and O–H groups in total. The van der Waals surface area contributed by atoms with Gasteiger partial charge in [0.15, 0.2) is 5.75 Å². The molecule has 1 aromatic heterocycles. The zero-order valence-electron chi connectivity index (χ0n) is 16.7. The highest BCUT2D eigenvalue weighted by Crippen LogP contribution is 2.44. The highest BCUT2D eigenvalue weighted by atomic mass is 19.1. The number of rotatable bonds is 4. The molecule has 2 aromatic carbocycles. The van der Waals surface area contributed by atoms with Crippen LogP contribution in [-0.2, 0) is 6.54 Å². The van der Waals surface area contributed by atoms with Gasteiger partial charge < -0.3 is 19.7 Å². The zero-order valence-corrected chi connectivity index (χ0v) is 16.7. The average molecular weight is 408 g/mol. The summed E-state index contributed by atoms with van der Waals surface area (Å²) in [5.41, 5.74) is 2.60. The largest absolute Gasteiger partial charge is 0.494 e. The number of benzene rings is 2. The van der Waals surface area contributed by atoms with Crippen molar-refractivity contribution in [2.75, 3.05) is 7.11 Å². The van der Waals surface area contributed by atoms with Crippen molar-refractivity contribution in [1.29, 1.82) is 0 Å². The Morgan fingerprint density at radius 2 is 2.07 bits per heavy atom. The van der Waals surface area contributed by atoms with Gasteiger partial charge in [0.05, 0.1) is 23.6 Å². The zero-order chi connectivity index (χ0) is 21.2. The smallest absolute Gasteiger partial charge is 0.341 e. The molecule has 1 fully saturated rings. The number of ether oxygens (including phenoxy) is 1. The Balaban J connectivity index is 1.85. The molecule has 154 valence electrons. The van der Waals surface area contributed by atoms with Gasteiger partial charge >= 0.3 is 5.97 Å². The normalized spacial score (nSPS) is 17.9. The van der Waals surface area contributed by atoms with Crippen LogP contribution in [-0.4, -0.2) is 22.8 Å². The fourth-order valence-corrected chi connectivity index (χ4v) is 4.40. The van der Waals surface area contributed by atoms with Crippen molar-refractivity contribution in [2.24, 2.45) is 0 Å². The summed E-state index contributed by atoms with van der Waals surface area (Å²) in [7, 11) is 1.45. The van der Waals surface area contributed by atoms with Crippen molar-refractivity contribution >= 4 is 16.9 Å². The first-order valence-corrected chi connectivity index (χ1v) is 9.96. The van der Waals surface area contributed by atoms with E-state index in [-0.39, 0.29) is 34.3 Å². The van der Waals surface area contributed by atoms with Gasteiger partial charge in [-0.2, -0.15) is 0 Å². The average Bonchev–Trinajstić information content (AvgIpc) is 3.50. The van der Waals surface area contributed by atoms with E-state index in [1.807, 2.05) is 18.2 Å². The van der Waals surface area contributed by atoms with E-state index in [4.69, 9.17) is 4.74 Å². The first-order valence-electron chi connectivity index (χ1n) is 9.96. The summed E-state index contributed by atoms with van der Waals surface area (Å²) in [5.74, 6) is -1.68. The van der Waals surface area contributed by atoms with Crippen LogP contribution in [0.4, 0.5) is 4.39 Å². The Labute approximate surface area is 171 Å². The summed E-state index contributed by atoms with van der Waals surface area (Å²) in [4.78, 5) is 24.4. The summed E-state index contributed by atoms with van der Waals surface area (Å²) >= 11 is 0. The first-order chi connectivity index (χ1) is 14.4. The van der Waals surface area contributed by atoms with Crippen molar-refractivity contribution in [3.8, 4) is 16.9 Å². The third-order valence-corrected chi connectivity index (χ3v) is 6.10. The quantitative estimate of drug-likeness (QED) is 0.682. The van der Waals surface area contributed by atoms with Gasteiger partial charge in [-0.3, -0.25) is 4.79 Å². The predicted octanol–water partition coefficient (Wildman–Crippen LogP) is 4.01. The fraction of sp³-hybridized carbons (Fsp3) is 0.304. The molecule has 5 rings (SSSR count). The maximum atomic E-state index is 15.4. The molecule has 30 heavy (non-hydrogen) atoms. The number of aromatic carboxylic acids is 1. The van der Waals surface area contributed by atoms with Gasteiger partial charge in [-0.25, -0.2) is 9.18 Å². The van der Waals surface area contributed by atoms with Crippen LogP contribution >= 0.6 is 0 Å². The Kier molecular flexibility index (Phi) is 4.18.